The van der Waals surface area contributed by atoms with E-state index in [4.69, 9.17) is 10.3 Å². The van der Waals surface area contributed by atoms with E-state index in [1.807, 2.05) is 17.9 Å². The maximum absolute atomic E-state index is 12.1. The molecule has 1 aromatic heterocycles. The van der Waals surface area contributed by atoms with E-state index in [-0.39, 0.29) is 11.9 Å². The third-order valence-electron chi connectivity index (χ3n) is 3.39. The van der Waals surface area contributed by atoms with Crippen LogP contribution in [-0.4, -0.2) is 29.1 Å². The van der Waals surface area contributed by atoms with Crippen LogP contribution in [0.5, 0.6) is 0 Å². The Labute approximate surface area is 107 Å². The van der Waals surface area contributed by atoms with Gasteiger partial charge in [0.15, 0.2) is 5.76 Å². The van der Waals surface area contributed by atoms with Gasteiger partial charge in [-0.3, -0.25) is 4.79 Å². The highest BCUT2D eigenvalue weighted by atomic mass is 16.5. The number of carbonyl (C=O) groups is 1. The van der Waals surface area contributed by atoms with Crippen molar-refractivity contribution in [2.75, 3.05) is 13.1 Å². The van der Waals surface area contributed by atoms with Crippen molar-refractivity contribution in [3.63, 3.8) is 0 Å². The number of hydrogen-bond donors (Lipinski definition) is 1. The number of hydrogen-bond acceptors (Lipinski definition) is 4. The Hall–Kier alpha value is -1.36. The molecule has 1 fully saturated rings. The summed E-state index contributed by atoms with van der Waals surface area (Å²) in [6, 6.07) is 2.01. The molecule has 0 bridgehead atoms. The highest BCUT2D eigenvalue weighted by Crippen LogP contribution is 2.32. The molecule has 2 N–H and O–H groups in total. The first-order valence-corrected chi connectivity index (χ1v) is 6.65. The molecule has 0 aliphatic carbocycles. The largest absolute Gasteiger partial charge is 0.359 e. The highest BCUT2D eigenvalue weighted by molar-refractivity contribution is 5.76. The van der Waals surface area contributed by atoms with Gasteiger partial charge in [-0.25, -0.2) is 0 Å². The molecule has 2 heterocycles. The maximum Gasteiger partial charge on any atom is 0.223 e. The number of unbranched alkanes of at least 4 members (excludes halogenated alkanes) is 1. The molecule has 0 aromatic carbocycles. The van der Waals surface area contributed by atoms with Crippen LogP contribution in [0.2, 0.25) is 0 Å². The number of aryl methyl sites for hydroxylation is 1. The van der Waals surface area contributed by atoms with Gasteiger partial charge in [-0.05, 0) is 39.2 Å². The van der Waals surface area contributed by atoms with E-state index in [2.05, 4.69) is 5.16 Å². The summed E-state index contributed by atoms with van der Waals surface area (Å²) in [6.07, 6.45) is 4.37. The predicted molar refractivity (Wildman–Crippen MR) is 67.8 cm³/mol. The topological polar surface area (TPSA) is 72.4 Å². The van der Waals surface area contributed by atoms with Crippen molar-refractivity contribution in [2.24, 2.45) is 5.73 Å². The van der Waals surface area contributed by atoms with Gasteiger partial charge in [0.1, 0.15) is 0 Å². The molecule has 1 aliphatic heterocycles. The zero-order chi connectivity index (χ0) is 13.0. The number of nitrogens with two attached hydrogens (primary N) is 1. The first-order valence-electron chi connectivity index (χ1n) is 6.65. The molecule has 1 aromatic rings. The first-order chi connectivity index (χ1) is 8.72. The third-order valence-corrected chi connectivity index (χ3v) is 3.39. The molecular weight excluding hydrogens is 230 g/mol. The summed E-state index contributed by atoms with van der Waals surface area (Å²) in [5.74, 6) is 1.03. The molecule has 0 saturated carbocycles. The lowest BCUT2D eigenvalue weighted by Crippen LogP contribution is -2.30. The van der Waals surface area contributed by atoms with Crippen LogP contribution in [0.15, 0.2) is 10.6 Å². The van der Waals surface area contributed by atoms with E-state index in [0.29, 0.717) is 13.0 Å². The van der Waals surface area contributed by atoms with Crippen molar-refractivity contribution in [1.82, 2.24) is 10.1 Å². The molecule has 0 radical (unpaired) electrons. The smallest absolute Gasteiger partial charge is 0.223 e. The Morgan fingerprint density at radius 1 is 1.61 bits per heavy atom. The Balaban J connectivity index is 1.97. The Kier molecular flexibility index (Phi) is 4.36. The summed E-state index contributed by atoms with van der Waals surface area (Å²) in [4.78, 5) is 14.1. The van der Waals surface area contributed by atoms with Gasteiger partial charge in [0.25, 0.3) is 0 Å². The van der Waals surface area contributed by atoms with Gasteiger partial charge in [0, 0.05) is 19.0 Å². The maximum atomic E-state index is 12.1. The summed E-state index contributed by atoms with van der Waals surface area (Å²) in [6.45, 7) is 3.37. The number of carbonyl (C=O) groups excluding carboxylic acids is 1. The lowest BCUT2D eigenvalue weighted by molar-refractivity contribution is -0.132. The van der Waals surface area contributed by atoms with Gasteiger partial charge in [0.2, 0.25) is 5.91 Å². The summed E-state index contributed by atoms with van der Waals surface area (Å²) < 4.78 is 5.29. The molecule has 1 unspecified atom stereocenters. The zero-order valence-corrected chi connectivity index (χ0v) is 10.9. The van der Waals surface area contributed by atoms with Crippen LogP contribution in [0, 0.1) is 6.92 Å². The van der Waals surface area contributed by atoms with E-state index < -0.39 is 0 Å². The number of likely N-dealkylation sites (tertiary alicyclic amines) is 1. The zero-order valence-electron chi connectivity index (χ0n) is 10.9. The van der Waals surface area contributed by atoms with Gasteiger partial charge in [-0.15, -0.1) is 0 Å². The van der Waals surface area contributed by atoms with Crippen LogP contribution < -0.4 is 5.73 Å². The van der Waals surface area contributed by atoms with Crippen molar-refractivity contribution in [3.05, 3.63) is 17.5 Å². The third kappa shape index (κ3) is 2.90. The fraction of sp³-hybridized carbons (Fsp3) is 0.692. The van der Waals surface area contributed by atoms with Crippen LogP contribution in [0.1, 0.15) is 49.6 Å². The molecule has 18 heavy (non-hydrogen) atoms. The second-order valence-corrected chi connectivity index (χ2v) is 4.86. The lowest BCUT2D eigenvalue weighted by atomic mass is 10.1. The lowest BCUT2D eigenvalue weighted by Gasteiger charge is -2.22. The minimum Gasteiger partial charge on any atom is -0.359 e. The van der Waals surface area contributed by atoms with Crippen LogP contribution in [0.25, 0.3) is 0 Å². The fourth-order valence-corrected chi connectivity index (χ4v) is 2.47. The predicted octanol–water partition coefficient (Wildman–Crippen LogP) is 1.78. The van der Waals surface area contributed by atoms with Crippen molar-refractivity contribution in [2.45, 2.75) is 45.1 Å². The SMILES string of the molecule is Cc1cc(C2CCCN2C(=O)CCCCN)on1. The molecule has 1 atom stereocenters. The molecule has 5 nitrogen and oxygen atoms in total. The van der Waals surface area contributed by atoms with Crippen molar-refractivity contribution in [1.29, 1.82) is 0 Å². The molecule has 100 valence electrons. The fourth-order valence-electron chi connectivity index (χ4n) is 2.47. The summed E-state index contributed by atoms with van der Waals surface area (Å²) in [7, 11) is 0. The molecule has 5 heteroatoms. The van der Waals surface area contributed by atoms with Gasteiger partial charge in [-0.2, -0.15) is 0 Å². The second-order valence-electron chi connectivity index (χ2n) is 4.86. The molecule has 1 aliphatic rings. The number of aromatic nitrogens is 1. The van der Waals surface area contributed by atoms with Gasteiger partial charge in [0.05, 0.1) is 11.7 Å². The summed E-state index contributed by atoms with van der Waals surface area (Å²) in [5, 5.41) is 3.90. The Morgan fingerprint density at radius 3 is 3.11 bits per heavy atom. The van der Waals surface area contributed by atoms with Gasteiger partial charge >= 0.3 is 0 Å². The number of amides is 1. The standard InChI is InChI=1S/C13H21N3O2/c1-10-9-12(18-15-10)11-5-4-8-16(11)13(17)6-2-3-7-14/h9,11H,2-8,14H2,1H3. The van der Waals surface area contributed by atoms with Crippen LogP contribution in [0.4, 0.5) is 0 Å². The minimum absolute atomic E-state index is 0.0802. The Bertz CT molecular complexity index is 403. The molecule has 0 spiro atoms. The highest BCUT2D eigenvalue weighted by Gasteiger charge is 2.31. The quantitative estimate of drug-likeness (QED) is 0.809. The normalized spacial score (nSPS) is 19.4. The molecule has 1 amide bonds. The van der Waals surface area contributed by atoms with Crippen LogP contribution in [-0.2, 0) is 4.79 Å². The first kappa shape index (κ1) is 13.1. The number of nitrogens with zero attached hydrogens (tertiary/aromatic N) is 2. The summed E-state index contributed by atoms with van der Waals surface area (Å²) in [5.41, 5.74) is 6.31. The Morgan fingerprint density at radius 2 is 2.44 bits per heavy atom. The van der Waals surface area contributed by atoms with Gasteiger partial charge in [-0.1, -0.05) is 5.16 Å². The second kappa shape index (κ2) is 6.00. The van der Waals surface area contributed by atoms with E-state index in [0.717, 1.165) is 43.7 Å². The van der Waals surface area contributed by atoms with Crippen LogP contribution in [0.3, 0.4) is 0 Å². The van der Waals surface area contributed by atoms with E-state index in [1.165, 1.54) is 0 Å². The van der Waals surface area contributed by atoms with E-state index in [9.17, 15) is 4.79 Å². The number of rotatable bonds is 5. The summed E-state index contributed by atoms with van der Waals surface area (Å²) >= 11 is 0. The minimum atomic E-state index is 0.0802. The average molecular weight is 251 g/mol. The van der Waals surface area contributed by atoms with Gasteiger partial charge < -0.3 is 15.2 Å². The van der Waals surface area contributed by atoms with Crippen LogP contribution >= 0.6 is 0 Å². The molecular formula is C13H21N3O2. The molecule has 2 rings (SSSR count). The van der Waals surface area contributed by atoms with Crippen molar-refractivity contribution in [3.8, 4) is 0 Å². The van der Waals surface area contributed by atoms with E-state index in [1.54, 1.807) is 0 Å². The average Bonchev–Trinajstić information content (AvgIpc) is 2.97. The van der Waals surface area contributed by atoms with Crippen molar-refractivity contribution < 1.29 is 9.32 Å². The monoisotopic (exact) mass is 251 g/mol. The van der Waals surface area contributed by atoms with E-state index >= 15 is 0 Å². The van der Waals surface area contributed by atoms with Crippen molar-refractivity contribution >= 4 is 5.91 Å². The molecule has 1 saturated heterocycles.